The smallest absolute Gasteiger partial charge is 0.133 e. The fourth-order valence-corrected chi connectivity index (χ4v) is 2.24. The van der Waals surface area contributed by atoms with Gasteiger partial charge in [-0.05, 0) is 38.5 Å². The predicted octanol–water partition coefficient (Wildman–Crippen LogP) is 2.81. The van der Waals surface area contributed by atoms with Crippen LogP contribution in [0.25, 0.3) is 0 Å². The first-order chi connectivity index (χ1) is 6.61. The third kappa shape index (κ3) is 3.41. The molecule has 14 heavy (non-hydrogen) atoms. The number of ether oxygens (including phenoxy) is 1. The molecule has 1 aliphatic heterocycles. The average molecular weight is 198 g/mol. The number of hydrogen-bond acceptors (Lipinski definition) is 2. The normalized spacial score (nSPS) is 24.1. The highest BCUT2D eigenvalue weighted by atomic mass is 16.5. The van der Waals surface area contributed by atoms with Crippen LogP contribution in [0.4, 0.5) is 0 Å². The number of rotatable bonds is 5. The predicted molar refractivity (Wildman–Crippen MR) is 57.2 cm³/mol. The van der Waals surface area contributed by atoms with Crippen LogP contribution in [0.15, 0.2) is 0 Å². The van der Waals surface area contributed by atoms with Crippen molar-refractivity contribution in [3.63, 3.8) is 0 Å². The van der Waals surface area contributed by atoms with E-state index >= 15 is 0 Å². The van der Waals surface area contributed by atoms with Crippen LogP contribution in [0.2, 0.25) is 0 Å². The maximum Gasteiger partial charge on any atom is 0.133 e. The van der Waals surface area contributed by atoms with E-state index < -0.39 is 0 Å². The van der Waals surface area contributed by atoms with E-state index in [4.69, 9.17) is 4.74 Å². The third-order valence-electron chi connectivity index (χ3n) is 3.15. The number of Topliss-reactive ketones (excluding diaryl/α,β-unsaturated/α-hetero) is 1. The lowest BCUT2D eigenvalue weighted by atomic mass is 9.87. The molecular formula is C12H22O2. The van der Waals surface area contributed by atoms with Crippen LogP contribution >= 0.6 is 0 Å². The minimum absolute atomic E-state index is 0.235. The van der Waals surface area contributed by atoms with Crippen LogP contribution in [-0.4, -0.2) is 18.5 Å². The van der Waals surface area contributed by atoms with Crippen LogP contribution < -0.4 is 0 Å². The number of carbonyl (C=O) groups is 1. The van der Waals surface area contributed by atoms with Crippen LogP contribution in [0.5, 0.6) is 0 Å². The van der Waals surface area contributed by atoms with Crippen molar-refractivity contribution in [3.05, 3.63) is 0 Å². The Hall–Kier alpha value is -0.370. The summed E-state index contributed by atoms with van der Waals surface area (Å²) in [5.74, 6) is 1.03. The van der Waals surface area contributed by atoms with Crippen molar-refractivity contribution in [2.45, 2.75) is 52.6 Å². The Balaban J connectivity index is 2.28. The third-order valence-corrected chi connectivity index (χ3v) is 3.15. The van der Waals surface area contributed by atoms with Crippen molar-refractivity contribution < 1.29 is 9.53 Å². The van der Waals surface area contributed by atoms with Gasteiger partial charge in [-0.1, -0.05) is 13.8 Å². The zero-order chi connectivity index (χ0) is 10.6. The summed E-state index contributed by atoms with van der Waals surface area (Å²) < 4.78 is 5.55. The Morgan fingerprint density at radius 1 is 1.50 bits per heavy atom. The monoisotopic (exact) mass is 198 g/mol. The van der Waals surface area contributed by atoms with Crippen LogP contribution in [0.1, 0.15) is 46.5 Å². The fraction of sp³-hybridized carbons (Fsp3) is 0.917. The van der Waals surface area contributed by atoms with Crippen LogP contribution in [0.3, 0.4) is 0 Å². The van der Waals surface area contributed by atoms with Crippen molar-refractivity contribution in [3.8, 4) is 0 Å². The molecule has 0 aromatic heterocycles. The lowest BCUT2D eigenvalue weighted by molar-refractivity contribution is -0.122. The topological polar surface area (TPSA) is 26.3 Å². The van der Waals surface area contributed by atoms with Gasteiger partial charge in [-0.25, -0.2) is 0 Å². The lowest BCUT2D eigenvalue weighted by Crippen LogP contribution is -2.19. The highest BCUT2D eigenvalue weighted by Gasteiger charge is 2.22. The van der Waals surface area contributed by atoms with E-state index in [1.54, 1.807) is 6.92 Å². The maximum atomic E-state index is 11.3. The van der Waals surface area contributed by atoms with Crippen LogP contribution in [-0.2, 0) is 9.53 Å². The molecule has 0 radical (unpaired) electrons. The molecule has 0 N–H and O–H groups in total. The summed E-state index contributed by atoms with van der Waals surface area (Å²) in [5.41, 5.74) is 0. The minimum Gasteiger partial charge on any atom is -0.378 e. The minimum atomic E-state index is 0.235. The zero-order valence-corrected chi connectivity index (χ0v) is 9.58. The molecule has 2 heteroatoms. The molecule has 0 saturated carbocycles. The molecule has 0 amide bonds. The molecule has 0 aliphatic carbocycles. The molecule has 82 valence electrons. The SMILES string of the molecule is CC(=O)C(CCC1CCCO1)C(C)C. The summed E-state index contributed by atoms with van der Waals surface area (Å²) in [6, 6.07) is 0. The first kappa shape index (κ1) is 11.7. The summed E-state index contributed by atoms with van der Waals surface area (Å²) in [6.45, 7) is 6.88. The molecular weight excluding hydrogens is 176 g/mol. The van der Waals surface area contributed by atoms with E-state index in [2.05, 4.69) is 13.8 Å². The number of carbonyl (C=O) groups excluding carboxylic acids is 1. The fourth-order valence-electron chi connectivity index (χ4n) is 2.24. The van der Waals surface area contributed by atoms with Gasteiger partial charge >= 0.3 is 0 Å². The molecule has 0 spiro atoms. The summed E-state index contributed by atoms with van der Waals surface area (Å²) in [7, 11) is 0. The number of ketones is 1. The van der Waals surface area contributed by atoms with Gasteiger partial charge in [0.05, 0.1) is 6.10 Å². The van der Waals surface area contributed by atoms with Gasteiger partial charge in [0, 0.05) is 12.5 Å². The van der Waals surface area contributed by atoms with Gasteiger partial charge < -0.3 is 4.74 Å². The summed E-state index contributed by atoms with van der Waals surface area (Å²) in [5, 5.41) is 0. The highest BCUT2D eigenvalue weighted by Crippen LogP contribution is 2.23. The first-order valence-corrected chi connectivity index (χ1v) is 5.73. The van der Waals surface area contributed by atoms with E-state index in [0.29, 0.717) is 17.8 Å². The van der Waals surface area contributed by atoms with Gasteiger partial charge in [0.1, 0.15) is 5.78 Å². The van der Waals surface area contributed by atoms with E-state index in [-0.39, 0.29) is 5.92 Å². The maximum absolute atomic E-state index is 11.3. The largest absolute Gasteiger partial charge is 0.378 e. The molecule has 1 aliphatic rings. The molecule has 1 heterocycles. The van der Waals surface area contributed by atoms with Gasteiger partial charge in [-0.3, -0.25) is 4.79 Å². The second-order valence-electron chi connectivity index (χ2n) is 4.67. The van der Waals surface area contributed by atoms with Crippen molar-refractivity contribution in [2.24, 2.45) is 11.8 Å². The van der Waals surface area contributed by atoms with Gasteiger partial charge in [0.15, 0.2) is 0 Å². The van der Waals surface area contributed by atoms with E-state index in [1.807, 2.05) is 0 Å². The molecule has 1 saturated heterocycles. The summed E-state index contributed by atoms with van der Waals surface area (Å²) in [4.78, 5) is 11.3. The Morgan fingerprint density at radius 3 is 2.64 bits per heavy atom. The van der Waals surface area contributed by atoms with Gasteiger partial charge in [-0.15, -0.1) is 0 Å². The van der Waals surface area contributed by atoms with Crippen molar-refractivity contribution in [1.82, 2.24) is 0 Å². The molecule has 0 aromatic carbocycles. The Morgan fingerprint density at radius 2 is 2.21 bits per heavy atom. The van der Waals surface area contributed by atoms with E-state index in [9.17, 15) is 4.79 Å². The van der Waals surface area contributed by atoms with Crippen molar-refractivity contribution in [2.75, 3.05) is 6.61 Å². The van der Waals surface area contributed by atoms with E-state index in [0.717, 1.165) is 19.4 Å². The number of hydrogen-bond donors (Lipinski definition) is 0. The second kappa shape index (κ2) is 5.50. The Kier molecular flexibility index (Phi) is 4.59. The van der Waals surface area contributed by atoms with Crippen molar-refractivity contribution >= 4 is 5.78 Å². The van der Waals surface area contributed by atoms with Gasteiger partial charge in [-0.2, -0.15) is 0 Å². The molecule has 2 atom stereocenters. The van der Waals surface area contributed by atoms with Gasteiger partial charge in [0.2, 0.25) is 0 Å². The zero-order valence-electron chi connectivity index (χ0n) is 9.58. The van der Waals surface area contributed by atoms with Crippen LogP contribution in [0, 0.1) is 11.8 Å². The molecule has 1 fully saturated rings. The van der Waals surface area contributed by atoms with E-state index in [1.165, 1.54) is 12.8 Å². The standard InChI is InChI=1S/C12H22O2/c1-9(2)12(10(3)13)7-6-11-5-4-8-14-11/h9,11-12H,4-8H2,1-3H3. The molecule has 2 nitrogen and oxygen atoms in total. The average Bonchev–Trinajstić information content (AvgIpc) is 2.55. The van der Waals surface area contributed by atoms with Crippen molar-refractivity contribution in [1.29, 1.82) is 0 Å². The van der Waals surface area contributed by atoms with Gasteiger partial charge in [0.25, 0.3) is 0 Å². The summed E-state index contributed by atoms with van der Waals surface area (Å²) in [6.07, 6.45) is 4.86. The quantitative estimate of drug-likeness (QED) is 0.679. The molecule has 1 rings (SSSR count). The summed E-state index contributed by atoms with van der Waals surface area (Å²) >= 11 is 0. The highest BCUT2D eigenvalue weighted by molar-refractivity contribution is 5.78. The second-order valence-corrected chi connectivity index (χ2v) is 4.67. The first-order valence-electron chi connectivity index (χ1n) is 5.73. The Bertz CT molecular complexity index is 181. The molecule has 0 aromatic rings. The molecule has 2 unspecified atom stereocenters. The lowest BCUT2D eigenvalue weighted by Gasteiger charge is -2.19. The molecule has 0 bridgehead atoms. The Labute approximate surface area is 87.0 Å².